The van der Waals surface area contributed by atoms with E-state index < -0.39 is 0 Å². The van der Waals surface area contributed by atoms with E-state index in [2.05, 4.69) is 36.8 Å². The number of benzene rings is 1. The average Bonchev–Trinajstić information content (AvgIpc) is 2.88. The van der Waals surface area contributed by atoms with E-state index in [0.29, 0.717) is 12.3 Å². The Morgan fingerprint density at radius 1 is 1.19 bits per heavy atom. The molecule has 0 radical (unpaired) electrons. The predicted octanol–water partition coefficient (Wildman–Crippen LogP) is 3.70. The Morgan fingerprint density at radius 3 is 2.52 bits per heavy atom. The van der Waals surface area contributed by atoms with E-state index in [1.165, 1.54) is 0 Å². The second-order valence-corrected chi connectivity index (χ2v) is 8.19. The highest BCUT2D eigenvalue weighted by molar-refractivity contribution is 6.30. The summed E-state index contributed by atoms with van der Waals surface area (Å²) in [5.41, 5.74) is 4.29. The molecule has 0 atom stereocenters. The van der Waals surface area contributed by atoms with Crippen LogP contribution in [-0.2, 0) is 17.8 Å². The molecule has 0 unspecified atom stereocenters. The number of amides is 1. The first-order valence-electron chi connectivity index (χ1n) is 9.66. The third-order valence-corrected chi connectivity index (χ3v) is 5.44. The van der Waals surface area contributed by atoms with E-state index in [1.54, 1.807) is 0 Å². The minimum Gasteiger partial charge on any atom is -0.368 e. The molecular weight excluding hydrogens is 360 g/mol. The molecular formula is C21H29ClN4O. The van der Waals surface area contributed by atoms with E-state index in [4.69, 9.17) is 11.6 Å². The summed E-state index contributed by atoms with van der Waals surface area (Å²) in [5, 5.41) is 5.38. The zero-order chi connectivity index (χ0) is 19.6. The lowest BCUT2D eigenvalue weighted by atomic mass is 10.1. The second-order valence-electron chi connectivity index (χ2n) is 7.75. The van der Waals surface area contributed by atoms with E-state index in [1.807, 2.05) is 34.7 Å². The van der Waals surface area contributed by atoms with Crippen LogP contribution in [0.5, 0.6) is 0 Å². The van der Waals surface area contributed by atoms with Gasteiger partial charge in [-0.25, -0.2) is 0 Å². The maximum Gasteiger partial charge on any atom is 0.227 e. The molecule has 3 rings (SSSR count). The first-order valence-corrected chi connectivity index (χ1v) is 10.0. The Morgan fingerprint density at radius 2 is 1.89 bits per heavy atom. The molecule has 0 N–H and O–H groups in total. The van der Waals surface area contributed by atoms with Crippen LogP contribution in [0.2, 0.25) is 5.02 Å². The number of carbonyl (C=O) groups excluding carboxylic acids is 1. The van der Waals surface area contributed by atoms with E-state index in [0.717, 1.165) is 60.4 Å². The number of halogens is 1. The van der Waals surface area contributed by atoms with Crippen LogP contribution in [0.1, 0.15) is 30.8 Å². The zero-order valence-electron chi connectivity index (χ0n) is 16.7. The molecule has 1 aliphatic rings. The van der Waals surface area contributed by atoms with Crippen LogP contribution in [0, 0.1) is 19.8 Å². The van der Waals surface area contributed by atoms with Crippen molar-refractivity contribution in [1.29, 1.82) is 0 Å². The van der Waals surface area contributed by atoms with Gasteiger partial charge in [-0.15, -0.1) is 0 Å². The Balaban J connectivity index is 1.61. The minimum atomic E-state index is 0.191. The summed E-state index contributed by atoms with van der Waals surface area (Å²) in [6, 6.07) is 7.90. The van der Waals surface area contributed by atoms with Crippen molar-refractivity contribution in [2.24, 2.45) is 5.92 Å². The number of carbonyl (C=O) groups is 1. The minimum absolute atomic E-state index is 0.191. The van der Waals surface area contributed by atoms with Crippen molar-refractivity contribution < 1.29 is 4.79 Å². The molecule has 6 heteroatoms. The number of nitrogens with zero attached hydrogens (tertiary/aromatic N) is 4. The molecule has 146 valence electrons. The number of anilines is 1. The normalized spacial score (nSPS) is 14.9. The van der Waals surface area contributed by atoms with Gasteiger partial charge in [-0.2, -0.15) is 5.10 Å². The highest BCUT2D eigenvalue weighted by Crippen LogP contribution is 2.22. The summed E-state index contributed by atoms with van der Waals surface area (Å²) in [6.07, 6.45) is 0.437. The lowest BCUT2D eigenvalue weighted by Crippen LogP contribution is -2.49. The number of hydrogen-bond donors (Lipinski definition) is 0. The number of hydrogen-bond acceptors (Lipinski definition) is 3. The van der Waals surface area contributed by atoms with Crippen molar-refractivity contribution in [2.75, 3.05) is 31.1 Å². The van der Waals surface area contributed by atoms with Crippen molar-refractivity contribution in [1.82, 2.24) is 14.7 Å². The summed E-state index contributed by atoms with van der Waals surface area (Å²) in [5.74, 6) is 0.724. The second kappa shape index (κ2) is 8.34. The monoisotopic (exact) mass is 388 g/mol. The van der Waals surface area contributed by atoms with Gasteiger partial charge in [0, 0.05) is 54.7 Å². The van der Waals surface area contributed by atoms with Crippen molar-refractivity contribution in [2.45, 2.75) is 40.7 Å². The largest absolute Gasteiger partial charge is 0.368 e. The fourth-order valence-corrected chi connectivity index (χ4v) is 3.85. The number of rotatable bonds is 5. The third kappa shape index (κ3) is 4.64. The van der Waals surface area contributed by atoms with Crippen LogP contribution in [-0.4, -0.2) is 46.8 Å². The molecule has 2 aromatic rings. The summed E-state index contributed by atoms with van der Waals surface area (Å²) < 4.78 is 2.04. The van der Waals surface area contributed by atoms with Gasteiger partial charge < -0.3 is 9.80 Å². The van der Waals surface area contributed by atoms with Crippen LogP contribution < -0.4 is 4.90 Å². The first kappa shape index (κ1) is 19.7. The fraction of sp³-hybridized carbons (Fsp3) is 0.524. The summed E-state index contributed by atoms with van der Waals surface area (Å²) in [6.45, 7) is 12.5. The molecule has 1 aliphatic heterocycles. The molecule has 2 heterocycles. The highest BCUT2D eigenvalue weighted by atomic mass is 35.5. The predicted molar refractivity (Wildman–Crippen MR) is 110 cm³/mol. The molecule has 0 spiro atoms. The van der Waals surface area contributed by atoms with Crippen LogP contribution >= 0.6 is 11.6 Å². The Kier molecular flexibility index (Phi) is 6.10. The summed E-state index contributed by atoms with van der Waals surface area (Å²) in [4.78, 5) is 17.1. The maximum atomic E-state index is 12.8. The summed E-state index contributed by atoms with van der Waals surface area (Å²) >= 11 is 6.10. The van der Waals surface area contributed by atoms with Crippen molar-refractivity contribution in [3.05, 3.63) is 46.2 Å². The SMILES string of the molecule is Cc1nn(CC(C)C)c(C)c1CC(=O)N1CCN(c2cccc(Cl)c2)CC1. The lowest BCUT2D eigenvalue weighted by molar-refractivity contribution is -0.130. The summed E-state index contributed by atoms with van der Waals surface area (Å²) in [7, 11) is 0. The molecule has 5 nitrogen and oxygen atoms in total. The van der Waals surface area contributed by atoms with Crippen LogP contribution in [0.15, 0.2) is 24.3 Å². The zero-order valence-corrected chi connectivity index (χ0v) is 17.5. The van der Waals surface area contributed by atoms with Gasteiger partial charge in [0.2, 0.25) is 5.91 Å². The van der Waals surface area contributed by atoms with Gasteiger partial charge in [-0.3, -0.25) is 9.48 Å². The van der Waals surface area contributed by atoms with Gasteiger partial charge in [-0.05, 0) is 38.0 Å². The van der Waals surface area contributed by atoms with Gasteiger partial charge in [0.05, 0.1) is 12.1 Å². The van der Waals surface area contributed by atoms with Gasteiger partial charge in [0.25, 0.3) is 0 Å². The number of piperazine rings is 1. The number of aromatic nitrogens is 2. The van der Waals surface area contributed by atoms with Gasteiger partial charge in [0.15, 0.2) is 0 Å². The third-order valence-electron chi connectivity index (χ3n) is 5.20. The van der Waals surface area contributed by atoms with Crippen molar-refractivity contribution in [3.8, 4) is 0 Å². The molecule has 1 aromatic heterocycles. The molecule has 1 amide bonds. The first-order chi connectivity index (χ1) is 12.8. The van der Waals surface area contributed by atoms with Gasteiger partial charge in [0.1, 0.15) is 0 Å². The quantitative estimate of drug-likeness (QED) is 0.784. The maximum absolute atomic E-state index is 12.8. The molecule has 0 saturated carbocycles. The molecule has 1 aromatic carbocycles. The molecule has 27 heavy (non-hydrogen) atoms. The van der Waals surface area contributed by atoms with Crippen LogP contribution in [0.3, 0.4) is 0 Å². The fourth-order valence-electron chi connectivity index (χ4n) is 3.66. The highest BCUT2D eigenvalue weighted by Gasteiger charge is 2.23. The van der Waals surface area contributed by atoms with Crippen LogP contribution in [0.4, 0.5) is 5.69 Å². The molecule has 0 aliphatic carbocycles. The Bertz CT molecular complexity index is 807. The van der Waals surface area contributed by atoms with Crippen molar-refractivity contribution >= 4 is 23.2 Å². The van der Waals surface area contributed by atoms with E-state index in [-0.39, 0.29) is 5.91 Å². The smallest absolute Gasteiger partial charge is 0.227 e. The van der Waals surface area contributed by atoms with Crippen molar-refractivity contribution in [3.63, 3.8) is 0 Å². The lowest BCUT2D eigenvalue weighted by Gasteiger charge is -2.36. The Labute approximate surface area is 166 Å². The van der Waals surface area contributed by atoms with E-state index >= 15 is 0 Å². The molecule has 1 fully saturated rings. The molecule has 0 bridgehead atoms. The average molecular weight is 389 g/mol. The van der Waals surface area contributed by atoms with Crippen LogP contribution in [0.25, 0.3) is 0 Å². The topological polar surface area (TPSA) is 41.4 Å². The van der Waals surface area contributed by atoms with Gasteiger partial charge >= 0.3 is 0 Å². The van der Waals surface area contributed by atoms with E-state index in [9.17, 15) is 4.79 Å². The number of aryl methyl sites for hydroxylation is 1. The Hall–Kier alpha value is -2.01. The van der Waals surface area contributed by atoms with Gasteiger partial charge in [-0.1, -0.05) is 31.5 Å². The standard InChI is InChI=1S/C21H29ClN4O/c1-15(2)14-26-17(4)20(16(3)23-26)13-21(27)25-10-8-24(9-11-25)19-7-5-6-18(22)12-19/h5-7,12,15H,8-11,13-14H2,1-4H3. The molecule has 1 saturated heterocycles.